The maximum atomic E-state index is 11.9. The van der Waals surface area contributed by atoms with Gasteiger partial charge in [0, 0.05) is 10.9 Å². The summed E-state index contributed by atoms with van der Waals surface area (Å²) in [7, 11) is 0. The number of hydrogen-bond acceptors (Lipinski definition) is 5. The minimum atomic E-state index is -0.407. The molecule has 0 aliphatic rings. The van der Waals surface area contributed by atoms with Crippen molar-refractivity contribution in [3.8, 4) is 16.3 Å². The molecule has 0 bridgehead atoms. The van der Waals surface area contributed by atoms with Gasteiger partial charge in [-0.3, -0.25) is 0 Å². The molecule has 0 atom stereocenters. The van der Waals surface area contributed by atoms with Gasteiger partial charge in [0.1, 0.15) is 17.4 Å². The van der Waals surface area contributed by atoms with Crippen molar-refractivity contribution in [2.45, 2.75) is 20.5 Å². The van der Waals surface area contributed by atoms with E-state index in [1.165, 1.54) is 11.3 Å². The summed E-state index contributed by atoms with van der Waals surface area (Å²) in [6.45, 7) is 4.02. The van der Waals surface area contributed by atoms with Crippen LogP contribution in [0.4, 0.5) is 0 Å². The number of esters is 1. The summed E-state index contributed by atoms with van der Waals surface area (Å²) < 4.78 is 10.8. The first-order chi connectivity index (χ1) is 12.1. The number of carbonyl (C=O) groups is 1. The second-order valence-corrected chi connectivity index (χ2v) is 6.52. The third-order valence-corrected chi connectivity index (χ3v) is 4.79. The normalized spacial score (nSPS) is 10.5. The quantitative estimate of drug-likeness (QED) is 0.610. The molecule has 3 rings (SSSR count). The Morgan fingerprint density at radius 3 is 2.68 bits per heavy atom. The maximum Gasteiger partial charge on any atom is 0.344 e. The fourth-order valence-electron chi connectivity index (χ4n) is 2.30. The van der Waals surface area contributed by atoms with E-state index >= 15 is 0 Å². The molecule has 0 saturated heterocycles. The summed E-state index contributed by atoms with van der Waals surface area (Å²) in [5, 5.41) is 2.82. The van der Waals surface area contributed by atoms with E-state index in [4.69, 9.17) is 9.47 Å². The molecular formula is C20H19NO3S. The Bertz CT molecular complexity index is 858. The molecule has 0 aliphatic carbocycles. The molecule has 0 aliphatic heterocycles. The van der Waals surface area contributed by atoms with Gasteiger partial charge in [0.2, 0.25) is 0 Å². The molecule has 0 saturated carbocycles. The van der Waals surface area contributed by atoms with Crippen molar-refractivity contribution in [3.63, 3.8) is 0 Å². The van der Waals surface area contributed by atoms with Crippen LogP contribution in [-0.2, 0) is 16.1 Å². The average molecular weight is 353 g/mol. The van der Waals surface area contributed by atoms with Gasteiger partial charge in [-0.1, -0.05) is 42.5 Å². The first-order valence-electron chi connectivity index (χ1n) is 7.98. The standard InChI is InChI=1S/C20H19NO3S/c1-14-7-6-10-18(15(14)2)23-12-19(22)24-11-17-13-25-20(21-17)16-8-4-3-5-9-16/h3-10,13H,11-12H2,1-2H3. The van der Waals surface area contributed by atoms with Gasteiger partial charge in [0.25, 0.3) is 0 Å². The van der Waals surface area contributed by atoms with Crippen molar-refractivity contribution in [1.29, 1.82) is 0 Å². The molecule has 4 nitrogen and oxygen atoms in total. The molecule has 0 unspecified atom stereocenters. The highest BCUT2D eigenvalue weighted by atomic mass is 32.1. The lowest BCUT2D eigenvalue weighted by molar-refractivity contribution is -0.147. The molecule has 0 N–H and O–H groups in total. The number of benzene rings is 2. The van der Waals surface area contributed by atoms with Crippen LogP contribution >= 0.6 is 11.3 Å². The number of thiazole rings is 1. The van der Waals surface area contributed by atoms with E-state index in [1.807, 2.05) is 67.8 Å². The zero-order valence-corrected chi connectivity index (χ0v) is 15.0. The number of ether oxygens (including phenoxy) is 2. The lowest BCUT2D eigenvalue weighted by Crippen LogP contribution is -2.15. The summed E-state index contributed by atoms with van der Waals surface area (Å²) in [6, 6.07) is 15.7. The minimum Gasteiger partial charge on any atom is -0.482 e. The van der Waals surface area contributed by atoms with E-state index in [1.54, 1.807) is 0 Å². The molecule has 128 valence electrons. The second-order valence-electron chi connectivity index (χ2n) is 5.66. The van der Waals surface area contributed by atoms with Crippen LogP contribution in [0.5, 0.6) is 5.75 Å². The van der Waals surface area contributed by atoms with Gasteiger partial charge in [-0.2, -0.15) is 0 Å². The average Bonchev–Trinajstić information content (AvgIpc) is 3.11. The van der Waals surface area contributed by atoms with Crippen LogP contribution in [0.25, 0.3) is 10.6 Å². The number of hydrogen-bond donors (Lipinski definition) is 0. The Balaban J connectivity index is 1.51. The minimum absolute atomic E-state index is 0.111. The smallest absolute Gasteiger partial charge is 0.344 e. The highest BCUT2D eigenvalue weighted by Gasteiger charge is 2.10. The van der Waals surface area contributed by atoms with Crippen molar-refractivity contribution in [1.82, 2.24) is 4.98 Å². The fourth-order valence-corrected chi connectivity index (χ4v) is 3.11. The molecular weight excluding hydrogens is 334 g/mol. The van der Waals surface area contributed by atoms with E-state index < -0.39 is 5.97 Å². The Morgan fingerprint density at radius 1 is 1.08 bits per heavy atom. The molecule has 0 spiro atoms. The molecule has 0 fully saturated rings. The van der Waals surface area contributed by atoms with Crippen molar-refractivity contribution in [3.05, 3.63) is 70.7 Å². The largest absolute Gasteiger partial charge is 0.482 e. The Kier molecular flexibility index (Phi) is 5.46. The summed E-state index contributed by atoms with van der Waals surface area (Å²) in [5.41, 5.74) is 3.95. The Hall–Kier alpha value is -2.66. The molecule has 1 aromatic heterocycles. The summed E-state index contributed by atoms with van der Waals surface area (Å²) in [5.74, 6) is 0.298. The van der Waals surface area contributed by atoms with Crippen molar-refractivity contribution < 1.29 is 14.3 Å². The highest BCUT2D eigenvalue weighted by Crippen LogP contribution is 2.24. The number of nitrogens with zero attached hydrogens (tertiary/aromatic N) is 1. The van der Waals surface area contributed by atoms with Crippen molar-refractivity contribution in [2.24, 2.45) is 0 Å². The zero-order valence-electron chi connectivity index (χ0n) is 14.2. The number of carbonyl (C=O) groups excluding carboxylic acids is 1. The van der Waals surface area contributed by atoms with Crippen LogP contribution in [0.1, 0.15) is 16.8 Å². The maximum absolute atomic E-state index is 11.9. The van der Waals surface area contributed by atoms with Gasteiger partial charge >= 0.3 is 5.97 Å². The number of aromatic nitrogens is 1. The van der Waals surface area contributed by atoms with E-state index in [9.17, 15) is 4.79 Å². The molecule has 3 aromatic rings. The van der Waals surface area contributed by atoms with Crippen molar-refractivity contribution >= 4 is 17.3 Å². The van der Waals surface area contributed by atoms with Gasteiger partial charge < -0.3 is 9.47 Å². The van der Waals surface area contributed by atoms with Crippen LogP contribution in [-0.4, -0.2) is 17.6 Å². The van der Waals surface area contributed by atoms with Crippen molar-refractivity contribution in [2.75, 3.05) is 6.61 Å². The number of aryl methyl sites for hydroxylation is 1. The molecule has 1 heterocycles. The molecule has 0 amide bonds. The van der Waals surface area contributed by atoms with Crippen LogP contribution in [0.15, 0.2) is 53.9 Å². The Labute approximate surface area is 151 Å². The van der Waals surface area contributed by atoms with E-state index in [0.29, 0.717) is 5.75 Å². The van der Waals surface area contributed by atoms with Gasteiger partial charge in [0.05, 0.1) is 5.69 Å². The number of rotatable bonds is 6. The van der Waals surface area contributed by atoms with Crippen LogP contribution in [0.2, 0.25) is 0 Å². The molecule has 5 heteroatoms. The lowest BCUT2D eigenvalue weighted by Gasteiger charge is -2.10. The van der Waals surface area contributed by atoms with Crippen LogP contribution < -0.4 is 4.74 Å². The monoisotopic (exact) mass is 353 g/mol. The van der Waals surface area contributed by atoms with E-state index in [0.717, 1.165) is 27.4 Å². The first-order valence-corrected chi connectivity index (χ1v) is 8.86. The van der Waals surface area contributed by atoms with Gasteiger partial charge in [-0.15, -0.1) is 11.3 Å². The summed E-state index contributed by atoms with van der Waals surface area (Å²) in [6.07, 6.45) is 0. The highest BCUT2D eigenvalue weighted by molar-refractivity contribution is 7.13. The summed E-state index contributed by atoms with van der Waals surface area (Å²) in [4.78, 5) is 16.4. The summed E-state index contributed by atoms with van der Waals surface area (Å²) >= 11 is 1.53. The van der Waals surface area contributed by atoms with Crippen LogP contribution in [0.3, 0.4) is 0 Å². The molecule has 2 aromatic carbocycles. The first kappa shape index (κ1) is 17.2. The topological polar surface area (TPSA) is 48.4 Å². The van der Waals surface area contributed by atoms with Gasteiger partial charge in [-0.25, -0.2) is 9.78 Å². The zero-order chi connectivity index (χ0) is 17.6. The third-order valence-electron chi connectivity index (χ3n) is 3.85. The molecule has 0 radical (unpaired) electrons. The van der Waals surface area contributed by atoms with Gasteiger partial charge in [-0.05, 0) is 31.0 Å². The van der Waals surface area contributed by atoms with Crippen LogP contribution in [0, 0.1) is 13.8 Å². The predicted octanol–water partition coefficient (Wildman–Crippen LogP) is 4.55. The SMILES string of the molecule is Cc1cccc(OCC(=O)OCc2csc(-c3ccccc3)n2)c1C. The van der Waals surface area contributed by atoms with E-state index in [2.05, 4.69) is 4.98 Å². The molecule has 25 heavy (non-hydrogen) atoms. The fraction of sp³-hybridized carbons (Fsp3) is 0.200. The predicted molar refractivity (Wildman–Crippen MR) is 98.8 cm³/mol. The second kappa shape index (κ2) is 7.94. The lowest BCUT2D eigenvalue weighted by atomic mass is 10.1. The van der Waals surface area contributed by atoms with E-state index in [-0.39, 0.29) is 13.2 Å². The third kappa shape index (κ3) is 4.45. The van der Waals surface area contributed by atoms with Gasteiger partial charge in [0.15, 0.2) is 6.61 Å². The Morgan fingerprint density at radius 2 is 1.88 bits per heavy atom.